The monoisotopic (exact) mass is 545 g/mol. The van der Waals surface area contributed by atoms with Gasteiger partial charge in [0.1, 0.15) is 17.5 Å². The van der Waals surface area contributed by atoms with Crippen molar-refractivity contribution < 1.29 is 19.5 Å². The molecule has 0 bridgehead atoms. The third-order valence-corrected chi connectivity index (χ3v) is 7.14. The summed E-state index contributed by atoms with van der Waals surface area (Å²) in [6, 6.07) is 7.31. The first-order valence-electron chi connectivity index (χ1n) is 13.2. The van der Waals surface area contributed by atoms with Crippen molar-refractivity contribution in [3.05, 3.63) is 49.1 Å². The molecule has 5 rings (SSSR count). The number of hydrogen-bond acceptors (Lipinski definition) is 9. The minimum Gasteiger partial charge on any atom is -0.465 e. The van der Waals surface area contributed by atoms with E-state index in [1.165, 1.54) is 4.90 Å². The highest BCUT2D eigenvalue weighted by molar-refractivity contribution is 5.94. The Balaban J connectivity index is 1.38. The molecule has 3 amide bonds. The number of anilines is 4. The molecule has 5 heterocycles. The van der Waals surface area contributed by atoms with Gasteiger partial charge in [0.15, 0.2) is 0 Å². The number of hydrogen-bond donors (Lipinski definition) is 3. The zero-order valence-corrected chi connectivity index (χ0v) is 22.2. The minimum absolute atomic E-state index is 0.0258. The molecule has 13 heteroatoms. The molecule has 2 saturated heterocycles. The van der Waals surface area contributed by atoms with Gasteiger partial charge in [0.25, 0.3) is 0 Å². The summed E-state index contributed by atoms with van der Waals surface area (Å²) in [5, 5.41) is 15.4. The van der Waals surface area contributed by atoms with E-state index in [4.69, 9.17) is 4.98 Å². The summed E-state index contributed by atoms with van der Waals surface area (Å²) in [4.78, 5) is 58.9. The quantitative estimate of drug-likeness (QED) is 0.421. The zero-order chi connectivity index (χ0) is 28.1. The topological polar surface area (TPSA) is 157 Å². The van der Waals surface area contributed by atoms with Gasteiger partial charge in [-0.2, -0.15) is 0 Å². The SMILES string of the molecule is CC(=O)N1CCC(C(=O)Nc2cc(Nc3cnccn3)nc(-c3ccnc(N4CCN(C(=O)O)CC4)c3)c2)CC1. The van der Waals surface area contributed by atoms with Crippen LogP contribution in [-0.4, -0.2) is 92.0 Å². The molecule has 2 aliphatic rings. The lowest BCUT2D eigenvalue weighted by atomic mass is 9.96. The highest BCUT2D eigenvalue weighted by atomic mass is 16.4. The molecule has 0 spiro atoms. The Kier molecular flexibility index (Phi) is 7.99. The van der Waals surface area contributed by atoms with Gasteiger partial charge in [-0.15, -0.1) is 0 Å². The lowest BCUT2D eigenvalue weighted by Gasteiger charge is -2.33. The number of carboxylic acid groups (broad SMARTS) is 1. The fraction of sp³-hybridized carbons (Fsp3) is 0.370. The van der Waals surface area contributed by atoms with Crippen LogP contribution in [0, 0.1) is 5.92 Å². The molecule has 13 nitrogen and oxygen atoms in total. The van der Waals surface area contributed by atoms with Crippen LogP contribution in [0.4, 0.5) is 27.9 Å². The smallest absolute Gasteiger partial charge is 0.407 e. The van der Waals surface area contributed by atoms with Crippen molar-refractivity contribution in [2.24, 2.45) is 5.92 Å². The van der Waals surface area contributed by atoms with Gasteiger partial charge in [-0.1, -0.05) is 0 Å². The summed E-state index contributed by atoms with van der Waals surface area (Å²) in [6.45, 7) is 4.55. The standard InChI is InChI=1S/C27H31N9O4/c1-18(37)34-8-3-19(4-9-34)26(38)31-21-15-22(32-23(16-21)33-24-17-28-6-7-29-24)20-2-5-30-25(14-20)35-10-12-36(13-11-35)27(39)40/h2,5-7,14-17,19H,3-4,8-13H2,1H3,(H,39,40)(H2,29,31,32,33,38). The molecule has 0 atom stereocenters. The van der Waals surface area contributed by atoms with E-state index in [-0.39, 0.29) is 17.7 Å². The Labute approximate surface area is 231 Å². The molecular weight excluding hydrogens is 514 g/mol. The van der Waals surface area contributed by atoms with Crippen LogP contribution in [0.2, 0.25) is 0 Å². The number of aromatic nitrogens is 4. The van der Waals surface area contributed by atoms with Gasteiger partial charge < -0.3 is 30.4 Å². The molecular formula is C27H31N9O4. The maximum absolute atomic E-state index is 13.2. The second kappa shape index (κ2) is 11.9. The number of pyridine rings is 2. The number of rotatable bonds is 6. The molecule has 2 fully saturated rings. The maximum Gasteiger partial charge on any atom is 0.407 e. The third kappa shape index (κ3) is 6.42. The van der Waals surface area contributed by atoms with Crippen LogP contribution in [-0.2, 0) is 9.59 Å². The van der Waals surface area contributed by atoms with E-state index in [0.717, 1.165) is 11.4 Å². The van der Waals surface area contributed by atoms with Crippen LogP contribution in [0.15, 0.2) is 49.1 Å². The Bertz CT molecular complexity index is 1370. The van der Waals surface area contributed by atoms with Crippen molar-refractivity contribution in [2.45, 2.75) is 19.8 Å². The molecule has 3 aromatic heterocycles. The van der Waals surface area contributed by atoms with Crippen molar-refractivity contribution in [3.63, 3.8) is 0 Å². The summed E-state index contributed by atoms with van der Waals surface area (Å²) in [5.74, 6) is 1.44. The average Bonchev–Trinajstić information content (AvgIpc) is 2.97. The van der Waals surface area contributed by atoms with Crippen LogP contribution in [0.3, 0.4) is 0 Å². The number of nitrogens with one attached hydrogen (secondary N) is 2. The van der Waals surface area contributed by atoms with Gasteiger partial charge in [-0.3, -0.25) is 14.6 Å². The first-order valence-corrected chi connectivity index (χ1v) is 13.2. The third-order valence-electron chi connectivity index (χ3n) is 7.14. The first kappa shape index (κ1) is 26.8. The summed E-state index contributed by atoms with van der Waals surface area (Å²) in [7, 11) is 0. The fourth-order valence-corrected chi connectivity index (χ4v) is 4.89. The second-order valence-corrected chi connectivity index (χ2v) is 9.77. The van der Waals surface area contributed by atoms with Crippen molar-refractivity contribution in [2.75, 3.05) is 54.8 Å². The number of nitrogens with zero attached hydrogens (tertiary/aromatic N) is 7. The van der Waals surface area contributed by atoms with Crippen LogP contribution in [0.1, 0.15) is 19.8 Å². The second-order valence-electron chi connectivity index (χ2n) is 9.77. The van der Waals surface area contributed by atoms with E-state index in [2.05, 4.69) is 25.6 Å². The van der Waals surface area contributed by atoms with E-state index in [1.54, 1.807) is 42.7 Å². The molecule has 3 N–H and O–H groups in total. The first-order chi connectivity index (χ1) is 19.4. The zero-order valence-electron chi connectivity index (χ0n) is 22.2. The molecule has 0 aliphatic carbocycles. The summed E-state index contributed by atoms with van der Waals surface area (Å²) < 4.78 is 0. The highest BCUT2D eigenvalue weighted by Crippen LogP contribution is 2.29. The molecule has 40 heavy (non-hydrogen) atoms. The normalized spacial score (nSPS) is 16.0. The van der Waals surface area contributed by atoms with Crippen LogP contribution < -0.4 is 15.5 Å². The number of piperidine rings is 1. The van der Waals surface area contributed by atoms with Crippen LogP contribution in [0.25, 0.3) is 11.3 Å². The number of amides is 3. The van der Waals surface area contributed by atoms with Gasteiger partial charge in [0, 0.05) is 88.0 Å². The number of likely N-dealkylation sites (tertiary alicyclic amines) is 1. The Morgan fingerprint density at radius 2 is 1.68 bits per heavy atom. The molecule has 0 aromatic carbocycles. The highest BCUT2D eigenvalue weighted by Gasteiger charge is 2.26. The number of carbonyl (C=O) groups is 3. The van der Waals surface area contributed by atoms with E-state index in [0.29, 0.717) is 75.1 Å². The number of piperazine rings is 1. The van der Waals surface area contributed by atoms with E-state index in [1.807, 2.05) is 23.1 Å². The van der Waals surface area contributed by atoms with Gasteiger partial charge in [0.05, 0.1) is 11.9 Å². The lowest BCUT2D eigenvalue weighted by Crippen LogP contribution is -2.48. The molecule has 208 valence electrons. The van der Waals surface area contributed by atoms with E-state index in [9.17, 15) is 19.5 Å². The van der Waals surface area contributed by atoms with Crippen molar-refractivity contribution >= 4 is 41.0 Å². The Morgan fingerprint density at radius 1 is 0.900 bits per heavy atom. The average molecular weight is 546 g/mol. The summed E-state index contributed by atoms with van der Waals surface area (Å²) in [6.07, 6.45) is 6.72. The molecule has 2 aliphatic heterocycles. The minimum atomic E-state index is -0.919. The fourth-order valence-electron chi connectivity index (χ4n) is 4.89. The van der Waals surface area contributed by atoms with Gasteiger partial charge in [-0.25, -0.2) is 19.7 Å². The van der Waals surface area contributed by atoms with Crippen molar-refractivity contribution in [1.29, 1.82) is 0 Å². The lowest BCUT2D eigenvalue weighted by molar-refractivity contribution is -0.132. The Hall–Kier alpha value is -4.81. The number of carbonyl (C=O) groups excluding carboxylic acids is 2. The predicted octanol–water partition coefficient (Wildman–Crippen LogP) is 2.67. The molecule has 0 radical (unpaired) electrons. The maximum atomic E-state index is 13.2. The van der Waals surface area contributed by atoms with Gasteiger partial charge in [0.2, 0.25) is 11.8 Å². The van der Waals surface area contributed by atoms with Crippen molar-refractivity contribution in [1.82, 2.24) is 29.7 Å². The largest absolute Gasteiger partial charge is 0.465 e. The van der Waals surface area contributed by atoms with Gasteiger partial charge in [-0.05, 0) is 31.0 Å². The Morgan fingerprint density at radius 3 is 2.35 bits per heavy atom. The molecule has 3 aromatic rings. The van der Waals surface area contributed by atoms with E-state index < -0.39 is 6.09 Å². The summed E-state index contributed by atoms with van der Waals surface area (Å²) >= 11 is 0. The van der Waals surface area contributed by atoms with Crippen LogP contribution in [0.5, 0.6) is 0 Å². The summed E-state index contributed by atoms with van der Waals surface area (Å²) in [5.41, 5.74) is 1.98. The van der Waals surface area contributed by atoms with Crippen molar-refractivity contribution in [3.8, 4) is 11.3 Å². The molecule has 0 unspecified atom stereocenters. The van der Waals surface area contributed by atoms with Gasteiger partial charge >= 0.3 is 6.09 Å². The van der Waals surface area contributed by atoms with Crippen LogP contribution >= 0.6 is 0 Å². The predicted molar refractivity (Wildman–Crippen MR) is 148 cm³/mol. The molecule has 0 saturated carbocycles. The van der Waals surface area contributed by atoms with E-state index >= 15 is 0 Å².